The minimum absolute atomic E-state index is 0.0804. The predicted molar refractivity (Wildman–Crippen MR) is 63.1 cm³/mol. The lowest BCUT2D eigenvalue weighted by molar-refractivity contribution is -0.146. The van der Waals surface area contributed by atoms with Gasteiger partial charge in [-0.2, -0.15) is 0 Å². The van der Waals surface area contributed by atoms with Crippen LogP contribution in [0.4, 0.5) is 5.69 Å². The molecule has 1 heterocycles. The SMILES string of the molecule is CC(C)(C(=O)O)N1C(=O)c2cccc(N)c2C1=O. The van der Waals surface area contributed by atoms with Gasteiger partial charge in [-0.1, -0.05) is 6.07 Å². The van der Waals surface area contributed by atoms with Crippen molar-refractivity contribution >= 4 is 23.5 Å². The quantitative estimate of drug-likeness (QED) is 0.593. The molecule has 2 rings (SSSR count). The Hall–Kier alpha value is -2.37. The molecule has 1 aliphatic rings. The Morgan fingerprint density at radius 2 is 1.89 bits per heavy atom. The van der Waals surface area contributed by atoms with E-state index in [1.54, 1.807) is 6.07 Å². The van der Waals surface area contributed by atoms with Gasteiger partial charge in [-0.3, -0.25) is 14.5 Å². The van der Waals surface area contributed by atoms with Crippen molar-refractivity contribution in [2.45, 2.75) is 19.4 Å². The van der Waals surface area contributed by atoms with E-state index in [0.29, 0.717) is 0 Å². The van der Waals surface area contributed by atoms with Gasteiger partial charge in [-0.25, -0.2) is 4.79 Å². The monoisotopic (exact) mass is 248 g/mol. The number of hydrogen-bond acceptors (Lipinski definition) is 4. The topological polar surface area (TPSA) is 101 Å². The van der Waals surface area contributed by atoms with Crippen LogP contribution in [0, 0.1) is 0 Å². The maximum Gasteiger partial charge on any atom is 0.329 e. The summed E-state index contributed by atoms with van der Waals surface area (Å²) >= 11 is 0. The summed E-state index contributed by atoms with van der Waals surface area (Å²) in [6.07, 6.45) is 0. The van der Waals surface area contributed by atoms with Crippen LogP contribution in [0.5, 0.6) is 0 Å². The van der Waals surface area contributed by atoms with Gasteiger partial charge in [0.25, 0.3) is 11.8 Å². The number of carboxylic acid groups (broad SMARTS) is 1. The van der Waals surface area contributed by atoms with Gasteiger partial charge < -0.3 is 10.8 Å². The van der Waals surface area contributed by atoms with E-state index in [2.05, 4.69) is 0 Å². The lowest BCUT2D eigenvalue weighted by Gasteiger charge is -2.29. The van der Waals surface area contributed by atoms with Crippen molar-refractivity contribution in [2.75, 3.05) is 5.73 Å². The minimum Gasteiger partial charge on any atom is -0.480 e. The zero-order valence-corrected chi connectivity index (χ0v) is 9.93. The van der Waals surface area contributed by atoms with Crippen LogP contribution < -0.4 is 5.73 Å². The highest BCUT2D eigenvalue weighted by molar-refractivity contribution is 6.25. The Labute approximate surface area is 103 Å². The van der Waals surface area contributed by atoms with Crippen LogP contribution in [-0.4, -0.2) is 33.3 Å². The van der Waals surface area contributed by atoms with Crippen LogP contribution in [0.3, 0.4) is 0 Å². The highest BCUT2D eigenvalue weighted by atomic mass is 16.4. The third kappa shape index (κ3) is 1.38. The van der Waals surface area contributed by atoms with Gasteiger partial charge >= 0.3 is 5.97 Å². The number of nitrogens with zero attached hydrogens (tertiary/aromatic N) is 1. The zero-order valence-electron chi connectivity index (χ0n) is 9.93. The molecular formula is C12H12N2O4. The van der Waals surface area contributed by atoms with E-state index in [0.717, 1.165) is 4.90 Å². The minimum atomic E-state index is -1.61. The molecule has 1 aromatic rings. The number of carbonyl (C=O) groups is 3. The van der Waals surface area contributed by atoms with Crippen molar-refractivity contribution in [1.82, 2.24) is 4.90 Å². The molecule has 2 amide bonds. The lowest BCUT2D eigenvalue weighted by atomic mass is 10.0. The fourth-order valence-electron chi connectivity index (χ4n) is 1.91. The fourth-order valence-corrected chi connectivity index (χ4v) is 1.91. The summed E-state index contributed by atoms with van der Waals surface area (Å²) in [5, 5.41) is 9.11. The smallest absolute Gasteiger partial charge is 0.329 e. The van der Waals surface area contributed by atoms with Gasteiger partial charge in [0, 0.05) is 5.69 Å². The van der Waals surface area contributed by atoms with Crippen molar-refractivity contribution in [3.05, 3.63) is 29.3 Å². The van der Waals surface area contributed by atoms with E-state index >= 15 is 0 Å². The van der Waals surface area contributed by atoms with E-state index < -0.39 is 23.3 Å². The first-order chi connectivity index (χ1) is 8.28. The van der Waals surface area contributed by atoms with Gasteiger partial charge in [0.2, 0.25) is 0 Å². The van der Waals surface area contributed by atoms with E-state index in [1.807, 2.05) is 0 Å². The summed E-state index contributed by atoms with van der Waals surface area (Å²) in [6, 6.07) is 4.52. The molecule has 0 saturated carbocycles. The lowest BCUT2D eigenvalue weighted by Crippen LogP contribution is -2.52. The number of rotatable bonds is 2. The fraction of sp³-hybridized carbons (Fsp3) is 0.250. The first-order valence-electron chi connectivity index (χ1n) is 5.29. The molecule has 0 bridgehead atoms. The number of anilines is 1. The number of carboxylic acids is 1. The third-order valence-corrected chi connectivity index (χ3v) is 3.03. The molecule has 6 nitrogen and oxygen atoms in total. The van der Waals surface area contributed by atoms with Crippen molar-refractivity contribution in [3.63, 3.8) is 0 Å². The number of benzene rings is 1. The molecule has 0 fully saturated rings. The highest BCUT2D eigenvalue weighted by Crippen LogP contribution is 2.32. The second-order valence-corrected chi connectivity index (χ2v) is 4.58. The van der Waals surface area contributed by atoms with Gasteiger partial charge in [0.15, 0.2) is 0 Å². The third-order valence-electron chi connectivity index (χ3n) is 3.03. The van der Waals surface area contributed by atoms with Gasteiger partial charge in [-0.05, 0) is 26.0 Å². The average Bonchev–Trinajstić information content (AvgIpc) is 2.52. The summed E-state index contributed by atoms with van der Waals surface area (Å²) in [7, 11) is 0. The molecule has 0 atom stereocenters. The van der Waals surface area contributed by atoms with E-state index in [4.69, 9.17) is 10.8 Å². The van der Waals surface area contributed by atoms with Crippen molar-refractivity contribution in [2.24, 2.45) is 0 Å². The number of amides is 2. The number of hydrogen-bond donors (Lipinski definition) is 2. The Balaban J connectivity index is 2.60. The van der Waals surface area contributed by atoms with Gasteiger partial charge in [-0.15, -0.1) is 0 Å². The van der Waals surface area contributed by atoms with E-state index in [9.17, 15) is 14.4 Å². The normalized spacial score (nSPS) is 14.9. The number of carbonyl (C=O) groups excluding carboxylic acids is 2. The Bertz CT molecular complexity index is 577. The molecule has 0 aromatic heterocycles. The number of imide groups is 1. The van der Waals surface area contributed by atoms with Crippen LogP contribution in [0.1, 0.15) is 34.6 Å². The van der Waals surface area contributed by atoms with Crippen LogP contribution in [0.15, 0.2) is 18.2 Å². The second-order valence-electron chi connectivity index (χ2n) is 4.58. The maximum absolute atomic E-state index is 12.1. The van der Waals surface area contributed by atoms with Crippen molar-refractivity contribution in [3.8, 4) is 0 Å². The molecule has 0 saturated heterocycles. The number of aliphatic carboxylic acids is 1. The number of nitrogen functional groups attached to an aromatic ring is 1. The predicted octanol–water partition coefficient (Wildman–Crippen LogP) is 0.728. The Morgan fingerprint density at radius 3 is 2.39 bits per heavy atom. The van der Waals surface area contributed by atoms with Crippen LogP contribution in [-0.2, 0) is 4.79 Å². The molecule has 0 spiro atoms. The Kier molecular flexibility index (Phi) is 2.39. The van der Waals surface area contributed by atoms with Gasteiger partial charge in [0.05, 0.1) is 11.1 Å². The Morgan fingerprint density at radius 1 is 1.28 bits per heavy atom. The molecule has 18 heavy (non-hydrogen) atoms. The average molecular weight is 248 g/mol. The first kappa shape index (κ1) is 12.1. The number of fused-ring (bicyclic) bond motifs is 1. The zero-order chi connectivity index (χ0) is 13.7. The van der Waals surface area contributed by atoms with Crippen LogP contribution in [0.2, 0.25) is 0 Å². The van der Waals surface area contributed by atoms with Crippen molar-refractivity contribution < 1.29 is 19.5 Å². The van der Waals surface area contributed by atoms with Crippen LogP contribution in [0.25, 0.3) is 0 Å². The van der Waals surface area contributed by atoms with E-state index in [1.165, 1.54) is 26.0 Å². The summed E-state index contributed by atoms with van der Waals surface area (Å²) in [6.45, 7) is 2.60. The summed E-state index contributed by atoms with van der Waals surface area (Å²) in [5.74, 6) is -2.55. The summed E-state index contributed by atoms with van der Waals surface area (Å²) < 4.78 is 0. The molecule has 0 radical (unpaired) electrons. The molecule has 1 aliphatic heterocycles. The highest BCUT2D eigenvalue weighted by Gasteiger charge is 2.48. The molecule has 1 aromatic carbocycles. The van der Waals surface area contributed by atoms with Gasteiger partial charge in [0.1, 0.15) is 5.54 Å². The first-order valence-corrected chi connectivity index (χ1v) is 5.29. The molecule has 94 valence electrons. The standard InChI is InChI=1S/C12H12N2O4/c1-12(2,11(17)18)14-9(15)6-4-3-5-7(13)8(6)10(14)16/h3-5H,13H2,1-2H3,(H,17,18). The van der Waals surface area contributed by atoms with Crippen LogP contribution >= 0.6 is 0 Å². The molecular weight excluding hydrogens is 236 g/mol. The van der Waals surface area contributed by atoms with Crippen molar-refractivity contribution in [1.29, 1.82) is 0 Å². The second kappa shape index (κ2) is 3.56. The van der Waals surface area contributed by atoms with E-state index in [-0.39, 0.29) is 16.8 Å². The maximum atomic E-state index is 12.1. The molecule has 6 heteroatoms. The molecule has 0 aliphatic carbocycles. The largest absolute Gasteiger partial charge is 0.480 e. The molecule has 3 N–H and O–H groups in total. The number of nitrogens with two attached hydrogens (primary N) is 1. The summed E-state index contributed by atoms with van der Waals surface area (Å²) in [5.41, 5.74) is 4.45. The summed E-state index contributed by atoms with van der Waals surface area (Å²) in [4.78, 5) is 36.1. The molecule has 0 unspecified atom stereocenters.